The van der Waals surface area contributed by atoms with Gasteiger partial charge < -0.3 is 30.2 Å². The molecule has 0 aliphatic carbocycles. The van der Waals surface area contributed by atoms with E-state index in [0.717, 1.165) is 24.2 Å². The van der Waals surface area contributed by atoms with Gasteiger partial charge in [-0.2, -0.15) is 0 Å². The zero-order valence-corrected chi connectivity index (χ0v) is 22.0. The third-order valence-corrected chi connectivity index (χ3v) is 5.90. The first-order valence-electron chi connectivity index (χ1n) is 12.4. The van der Waals surface area contributed by atoms with E-state index >= 15 is 0 Å². The van der Waals surface area contributed by atoms with E-state index in [1.165, 1.54) is 4.90 Å². The third kappa shape index (κ3) is 8.03. The lowest BCUT2D eigenvalue weighted by Crippen LogP contribution is -2.45. The van der Waals surface area contributed by atoms with Gasteiger partial charge in [-0.3, -0.25) is 9.59 Å². The zero-order chi connectivity index (χ0) is 27.0. The quantitative estimate of drug-likeness (QED) is 0.313. The van der Waals surface area contributed by atoms with Crippen molar-refractivity contribution >= 4 is 17.8 Å². The summed E-state index contributed by atoms with van der Waals surface area (Å²) in [5.74, 6) is -0.824. The molecule has 1 heterocycles. The Hall–Kier alpha value is -3.43. The van der Waals surface area contributed by atoms with E-state index in [9.17, 15) is 14.4 Å². The molecule has 1 aliphatic heterocycles. The number of ether oxygens (including phenoxy) is 3. The van der Waals surface area contributed by atoms with Crippen molar-refractivity contribution in [2.75, 3.05) is 20.3 Å². The second-order valence-corrected chi connectivity index (χ2v) is 10.0. The molecule has 2 aromatic carbocycles. The number of amides is 2. The molecule has 9 nitrogen and oxygen atoms in total. The lowest BCUT2D eigenvalue weighted by Gasteiger charge is -2.29. The van der Waals surface area contributed by atoms with Gasteiger partial charge in [-0.05, 0) is 50.5 Å². The van der Waals surface area contributed by atoms with Gasteiger partial charge in [0.1, 0.15) is 24.0 Å². The number of carbonyl (C=O) groups is 3. The van der Waals surface area contributed by atoms with Crippen LogP contribution in [-0.2, 0) is 38.8 Å². The van der Waals surface area contributed by atoms with Gasteiger partial charge in [0.15, 0.2) is 0 Å². The number of benzene rings is 2. The number of fused-ring (bicyclic) bond motifs is 1. The molecule has 3 rings (SSSR count). The van der Waals surface area contributed by atoms with Crippen molar-refractivity contribution < 1.29 is 28.6 Å². The highest BCUT2D eigenvalue weighted by molar-refractivity contribution is 6.01. The fourth-order valence-electron chi connectivity index (χ4n) is 4.08. The molecule has 200 valence electrons. The minimum absolute atomic E-state index is 0.0364. The lowest BCUT2D eigenvalue weighted by molar-refractivity contribution is -0.160. The van der Waals surface area contributed by atoms with Crippen LogP contribution in [0.1, 0.15) is 60.7 Å². The molecule has 0 saturated heterocycles. The van der Waals surface area contributed by atoms with E-state index < -0.39 is 23.5 Å². The molecular formula is C28H37N3O6. The molecular weight excluding hydrogens is 474 g/mol. The average Bonchev–Trinajstić information content (AvgIpc) is 3.17. The van der Waals surface area contributed by atoms with E-state index in [1.807, 2.05) is 30.3 Å². The zero-order valence-electron chi connectivity index (χ0n) is 22.0. The van der Waals surface area contributed by atoms with Crippen molar-refractivity contribution in [3.63, 3.8) is 0 Å². The van der Waals surface area contributed by atoms with Crippen molar-refractivity contribution in [1.82, 2.24) is 10.2 Å². The average molecular weight is 512 g/mol. The van der Waals surface area contributed by atoms with E-state index in [4.69, 9.17) is 19.9 Å². The van der Waals surface area contributed by atoms with Crippen LogP contribution in [-0.4, -0.2) is 54.6 Å². The Morgan fingerprint density at radius 2 is 1.81 bits per heavy atom. The van der Waals surface area contributed by atoms with E-state index in [1.54, 1.807) is 40.0 Å². The van der Waals surface area contributed by atoms with Gasteiger partial charge in [-0.1, -0.05) is 30.3 Å². The second-order valence-electron chi connectivity index (χ2n) is 10.0. The molecule has 1 aliphatic rings. The molecule has 2 amide bonds. The van der Waals surface area contributed by atoms with E-state index in [0.29, 0.717) is 30.1 Å². The fraction of sp³-hybridized carbons (Fsp3) is 0.464. The number of carbonyl (C=O) groups excluding carboxylic acids is 3. The van der Waals surface area contributed by atoms with Crippen molar-refractivity contribution in [1.29, 1.82) is 0 Å². The summed E-state index contributed by atoms with van der Waals surface area (Å²) >= 11 is 0. The number of primary amides is 1. The summed E-state index contributed by atoms with van der Waals surface area (Å²) in [6.07, 6.45) is 0.0537. The number of nitrogens with two attached hydrogens (primary N) is 1. The van der Waals surface area contributed by atoms with Gasteiger partial charge in [0.2, 0.25) is 5.91 Å². The molecule has 0 fully saturated rings. The van der Waals surface area contributed by atoms with Gasteiger partial charge in [0.05, 0.1) is 13.2 Å². The van der Waals surface area contributed by atoms with Crippen LogP contribution in [0.3, 0.4) is 0 Å². The summed E-state index contributed by atoms with van der Waals surface area (Å²) in [4.78, 5) is 39.1. The fourth-order valence-corrected chi connectivity index (χ4v) is 4.08. The summed E-state index contributed by atoms with van der Waals surface area (Å²) in [6.45, 7) is 7.99. The summed E-state index contributed by atoms with van der Waals surface area (Å²) < 4.78 is 16.7. The highest BCUT2D eigenvalue weighted by Crippen LogP contribution is 2.34. The third-order valence-electron chi connectivity index (χ3n) is 5.90. The maximum absolute atomic E-state index is 13.3. The maximum atomic E-state index is 13.3. The molecule has 9 heteroatoms. The summed E-state index contributed by atoms with van der Waals surface area (Å²) in [7, 11) is 1.68. The molecule has 0 saturated carbocycles. The van der Waals surface area contributed by atoms with Crippen LogP contribution in [0.2, 0.25) is 0 Å². The predicted octanol–water partition coefficient (Wildman–Crippen LogP) is 2.93. The first-order valence-corrected chi connectivity index (χ1v) is 12.4. The smallest absolute Gasteiger partial charge is 0.329 e. The topological polar surface area (TPSA) is 120 Å². The van der Waals surface area contributed by atoms with Crippen LogP contribution in [0.4, 0.5) is 0 Å². The number of nitrogens with zero attached hydrogens (tertiary/aromatic N) is 1. The number of esters is 1. The SMILES string of the molecule is COCCNCc1ccc(COc2cccc3c2CN(C(CCC(N)=O)C(=O)OC(C)(C)C)C3=O)cc1. The highest BCUT2D eigenvalue weighted by atomic mass is 16.6. The largest absolute Gasteiger partial charge is 0.489 e. The summed E-state index contributed by atoms with van der Waals surface area (Å²) in [5, 5.41) is 3.31. The summed E-state index contributed by atoms with van der Waals surface area (Å²) in [5.41, 5.74) is 7.93. The maximum Gasteiger partial charge on any atom is 0.329 e. The predicted molar refractivity (Wildman–Crippen MR) is 139 cm³/mol. The van der Waals surface area contributed by atoms with Crippen LogP contribution < -0.4 is 15.8 Å². The highest BCUT2D eigenvalue weighted by Gasteiger charge is 2.39. The summed E-state index contributed by atoms with van der Waals surface area (Å²) in [6, 6.07) is 12.5. The van der Waals surface area contributed by atoms with Gasteiger partial charge in [0, 0.05) is 37.7 Å². The number of methoxy groups -OCH3 is 1. The Morgan fingerprint density at radius 1 is 1.11 bits per heavy atom. The molecule has 0 bridgehead atoms. The molecule has 1 unspecified atom stereocenters. The number of hydrogen-bond acceptors (Lipinski definition) is 7. The minimum atomic E-state index is -0.926. The van der Waals surface area contributed by atoms with Crippen LogP contribution >= 0.6 is 0 Å². The van der Waals surface area contributed by atoms with Crippen LogP contribution in [0.25, 0.3) is 0 Å². The molecule has 3 N–H and O–H groups in total. The van der Waals surface area contributed by atoms with Crippen molar-refractivity contribution in [3.8, 4) is 5.75 Å². The Balaban J connectivity index is 1.70. The number of rotatable bonds is 13. The second kappa shape index (κ2) is 12.7. The van der Waals surface area contributed by atoms with Crippen molar-refractivity contribution in [2.24, 2.45) is 5.73 Å². The molecule has 37 heavy (non-hydrogen) atoms. The van der Waals surface area contributed by atoms with Crippen molar-refractivity contribution in [2.45, 2.75) is 65.0 Å². The normalized spacial score (nSPS) is 13.8. The Kier molecular flexibility index (Phi) is 9.66. The van der Waals surface area contributed by atoms with Crippen LogP contribution in [0.15, 0.2) is 42.5 Å². The Bertz CT molecular complexity index is 1090. The molecule has 0 radical (unpaired) electrons. The van der Waals surface area contributed by atoms with Gasteiger partial charge in [-0.15, -0.1) is 0 Å². The first-order chi connectivity index (χ1) is 17.6. The Labute approximate surface area is 218 Å². The van der Waals surface area contributed by atoms with Crippen LogP contribution in [0, 0.1) is 0 Å². The monoisotopic (exact) mass is 511 g/mol. The molecule has 0 aromatic heterocycles. The Morgan fingerprint density at radius 3 is 2.46 bits per heavy atom. The first kappa shape index (κ1) is 28.1. The van der Waals surface area contributed by atoms with E-state index in [2.05, 4.69) is 5.32 Å². The number of nitrogens with one attached hydrogen (secondary N) is 1. The van der Waals surface area contributed by atoms with Gasteiger partial charge in [-0.25, -0.2) is 4.79 Å². The molecule has 0 spiro atoms. The van der Waals surface area contributed by atoms with E-state index in [-0.39, 0.29) is 25.3 Å². The standard InChI is InChI=1S/C28H37N3O6/c1-28(2,3)37-27(34)23(12-13-25(29)32)31-17-22-21(26(31)33)6-5-7-24(22)36-18-20-10-8-19(9-11-20)16-30-14-15-35-4/h5-11,23,30H,12-18H2,1-4H3,(H2,29,32). The van der Waals surface area contributed by atoms with Crippen LogP contribution in [0.5, 0.6) is 5.75 Å². The van der Waals surface area contributed by atoms with Gasteiger partial charge >= 0.3 is 5.97 Å². The lowest BCUT2D eigenvalue weighted by atomic mass is 10.1. The number of hydrogen-bond donors (Lipinski definition) is 2. The molecule has 1 atom stereocenters. The molecule has 2 aromatic rings. The van der Waals surface area contributed by atoms with Gasteiger partial charge in [0.25, 0.3) is 5.91 Å². The minimum Gasteiger partial charge on any atom is -0.489 e. The van der Waals surface area contributed by atoms with Crippen molar-refractivity contribution in [3.05, 3.63) is 64.7 Å².